The molecule has 0 amide bonds. The molecule has 3 heteroatoms. The summed E-state index contributed by atoms with van der Waals surface area (Å²) < 4.78 is 2.48. The molecule has 1 nitrogen and oxygen atoms in total. The van der Waals surface area contributed by atoms with Crippen LogP contribution in [0.5, 0.6) is 0 Å². The SMILES string of the molecule is c1ccc(-c2ccc(-c3ccccc3)c3c2Sc2ccccc2C32c3ccccc3Sc3cccc(-c4cccc5c6ccccc6n(-c6ccccc6)c45)c32)cc1. The van der Waals surface area contributed by atoms with E-state index in [0.29, 0.717) is 0 Å². The van der Waals surface area contributed by atoms with Crippen LogP contribution in [0.15, 0.2) is 232 Å². The first-order valence-electron chi connectivity index (χ1n) is 19.9. The van der Waals surface area contributed by atoms with Gasteiger partial charge in [-0.05, 0) is 86.5 Å². The average Bonchev–Trinajstić information content (AvgIpc) is 3.64. The van der Waals surface area contributed by atoms with Gasteiger partial charge in [-0.1, -0.05) is 199 Å². The summed E-state index contributed by atoms with van der Waals surface area (Å²) in [5.41, 5.74) is 15.7. The van der Waals surface area contributed by atoms with E-state index in [1.807, 2.05) is 23.5 Å². The molecule has 0 bridgehead atoms. The third-order valence-corrected chi connectivity index (χ3v) is 14.5. The Balaban J connectivity index is 1.29. The maximum absolute atomic E-state index is 2.48. The van der Waals surface area contributed by atoms with Crippen LogP contribution in [0, 0.1) is 0 Å². The minimum Gasteiger partial charge on any atom is -0.309 e. The second kappa shape index (κ2) is 13.3. The van der Waals surface area contributed by atoms with Crippen LogP contribution in [0.2, 0.25) is 0 Å². The van der Waals surface area contributed by atoms with E-state index in [1.165, 1.54) is 97.0 Å². The van der Waals surface area contributed by atoms with Crippen molar-refractivity contribution in [3.8, 4) is 39.1 Å². The summed E-state index contributed by atoms with van der Waals surface area (Å²) in [6, 6.07) is 78.9. The fourth-order valence-electron chi connectivity index (χ4n) is 9.84. The predicted molar refractivity (Wildman–Crippen MR) is 244 cm³/mol. The van der Waals surface area contributed by atoms with E-state index < -0.39 is 5.41 Å². The molecule has 1 aromatic heterocycles. The number of hydrogen-bond donors (Lipinski definition) is 0. The van der Waals surface area contributed by atoms with Crippen LogP contribution in [0.3, 0.4) is 0 Å². The Labute approximate surface area is 346 Å². The second-order valence-electron chi connectivity index (χ2n) is 15.1. The summed E-state index contributed by atoms with van der Waals surface area (Å²) in [5.74, 6) is 0. The van der Waals surface area contributed by atoms with Crippen molar-refractivity contribution < 1.29 is 0 Å². The molecular formula is C55H35NS2. The molecule has 1 atom stereocenters. The molecule has 58 heavy (non-hydrogen) atoms. The van der Waals surface area contributed by atoms with Gasteiger partial charge in [0.1, 0.15) is 0 Å². The third kappa shape index (κ3) is 4.81. The quantitative estimate of drug-likeness (QED) is 0.175. The first-order valence-corrected chi connectivity index (χ1v) is 21.5. The Morgan fingerprint density at radius 2 is 0.879 bits per heavy atom. The average molecular weight is 774 g/mol. The van der Waals surface area contributed by atoms with E-state index in [0.717, 1.165) is 5.69 Å². The molecule has 1 unspecified atom stereocenters. The first-order chi connectivity index (χ1) is 28.8. The molecule has 9 aromatic carbocycles. The lowest BCUT2D eigenvalue weighted by molar-refractivity contribution is 0.671. The van der Waals surface area contributed by atoms with Gasteiger partial charge in [-0.2, -0.15) is 0 Å². The van der Waals surface area contributed by atoms with Crippen molar-refractivity contribution in [2.75, 3.05) is 0 Å². The molecule has 0 saturated carbocycles. The van der Waals surface area contributed by atoms with Crippen molar-refractivity contribution in [2.24, 2.45) is 0 Å². The lowest BCUT2D eigenvalue weighted by Gasteiger charge is -2.48. The lowest BCUT2D eigenvalue weighted by atomic mass is 9.61. The highest BCUT2D eigenvalue weighted by Gasteiger charge is 2.52. The second-order valence-corrected chi connectivity index (χ2v) is 17.2. The van der Waals surface area contributed by atoms with Gasteiger partial charge in [0.25, 0.3) is 0 Å². The van der Waals surface area contributed by atoms with E-state index in [1.54, 1.807) is 0 Å². The Hall–Kier alpha value is -6.52. The van der Waals surface area contributed by atoms with Crippen LogP contribution in [0.1, 0.15) is 22.3 Å². The molecule has 2 aliphatic rings. The van der Waals surface area contributed by atoms with Gasteiger partial charge in [0.05, 0.1) is 16.4 Å². The van der Waals surface area contributed by atoms with Crippen LogP contribution in [-0.2, 0) is 5.41 Å². The zero-order chi connectivity index (χ0) is 38.2. The zero-order valence-electron chi connectivity index (χ0n) is 31.5. The fourth-order valence-corrected chi connectivity index (χ4v) is 12.4. The highest BCUT2D eigenvalue weighted by atomic mass is 32.2. The van der Waals surface area contributed by atoms with Crippen molar-refractivity contribution in [2.45, 2.75) is 25.0 Å². The Morgan fingerprint density at radius 3 is 1.62 bits per heavy atom. The topological polar surface area (TPSA) is 4.93 Å². The van der Waals surface area contributed by atoms with Crippen molar-refractivity contribution in [1.82, 2.24) is 4.57 Å². The minimum atomic E-state index is -0.660. The van der Waals surface area contributed by atoms with Crippen molar-refractivity contribution >= 4 is 45.3 Å². The number of para-hydroxylation sites is 3. The molecular weight excluding hydrogens is 739 g/mol. The Morgan fingerprint density at radius 1 is 0.345 bits per heavy atom. The molecule has 10 aromatic rings. The number of nitrogens with zero attached hydrogens (tertiary/aromatic N) is 1. The highest BCUT2D eigenvalue weighted by molar-refractivity contribution is 8.00. The standard InChI is InChI=1S/C55H35NS2/c1-4-18-36(19-5-1)39-34-35-40(37-20-6-2-7-21-37)54-52(39)55(46-29-12-15-32-49(46)58-54)45-28-11-14-31-48(45)57-50-33-17-25-42(51(50)55)44-27-16-26-43-41-24-10-13-30-47(41)56(53(43)44)38-22-8-3-9-23-38/h1-35H. The van der Waals surface area contributed by atoms with Crippen molar-refractivity contribution in [3.63, 3.8) is 0 Å². The van der Waals surface area contributed by atoms with Crippen LogP contribution in [0.25, 0.3) is 60.9 Å². The number of hydrogen-bond acceptors (Lipinski definition) is 2. The maximum atomic E-state index is 2.48. The maximum Gasteiger partial charge on any atom is 0.0757 e. The van der Waals surface area contributed by atoms with Gasteiger partial charge in [-0.15, -0.1) is 0 Å². The number of aromatic nitrogens is 1. The molecule has 1 spiro atoms. The van der Waals surface area contributed by atoms with Crippen LogP contribution < -0.4 is 0 Å². The van der Waals surface area contributed by atoms with Gasteiger partial charge >= 0.3 is 0 Å². The monoisotopic (exact) mass is 773 g/mol. The van der Waals surface area contributed by atoms with Gasteiger partial charge in [-0.3, -0.25) is 0 Å². The first kappa shape index (κ1) is 33.6. The third-order valence-electron chi connectivity index (χ3n) is 12.1. The molecule has 0 saturated heterocycles. The predicted octanol–water partition coefficient (Wildman–Crippen LogP) is 15.1. The summed E-state index contributed by atoms with van der Waals surface area (Å²) in [5, 5.41) is 2.51. The fraction of sp³-hybridized carbons (Fsp3) is 0.0182. The van der Waals surface area contributed by atoms with Crippen LogP contribution in [-0.4, -0.2) is 4.57 Å². The molecule has 0 aliphatic carbocycles. The largest absolute Gasteiger partial charge is 0.309 e. The van der Waals surface area contributed by atoms with E-state index in [4.69, 9.17) is 0 Å². The summed E-state index contributed by atoms with van der Waals surface area (Å²) in [7, 11) is 0. The van der Waals surface area contributed by atoms with Crippen LogP contribution >= 0.6 is 23.5 Å². The summed E-state index contributed by atoms with van der Waals surface area (Å²) in [4.78, 5) is 5.18. The normalized spacial score (nSPS) is 15.2. The van der Waals surface area contributed by atoms with Crippen molar-refractivity contribution in [3.05, 3.63) is 235 Å². The molecule has 3 heterocycles. The number of fused-ring (bicyclic) bond motifs is 11. The summed E-state index contributed by atoms with van der Waals surface area (Å²) in [6.07, 6.45) is 0. The minimum absolute atomic E-state index is 0.660. The summed E-state index contributed by atoms with van der Waals surface area (Å²) in [6.45, 7) is 0. The number of rotatable bonds is 4. The Kier molecular flexibility index (Phi) is 7.69. The van der Waals surface area contributed by atoms with Gasteiger partial charge in [0.2, 0.25) is 0 Å². The molecule has 2 aliphatic heterocycles. The molecule has 0 fully saturated rings. The van der Waals surface area contributed by atoms with Crippen molar-refractivity contribution in [1.29, 1.82) is 0 Å². The van der Waals surface area contributed by atoms with Gasteiger partial charge in [-0.25, -0.2) is 0 Å². The van der Waals surface area contributed by atoms with E-state index in [-0.39, 0.29) is 0 Å². The lowest BCUT2D eigenvalue weighted by Crippen LogP contribution is -2.38. The Bertz CT molecular complexity index is 3210. The number of benzene rings is 9. The molecule has 0 radical (unpaired) electrons. The van der Waals surface area contributed by atoms with E-state index in [9.17, 15) is 0 Å². The highest BCUT2D eigenvalue weighted by Crippen LogP contribution is 2.66. The van der Waals surface area contributed by atoms with E-state index >= 15 is 0 Å². The van der Waals surface area contributed by atoms with Gasteiger partial charge < -0.3 is 4.57 Å². The molecule has 0 N–H and O–H groups in total. The molecule has 12 rings (SSSR count). The van der Waals surface area contributed by atoms with E-state index in [2.05, 4.69) is 217 Å². The van der Waals surface area contributed by atoms with Gasteiger partial charge in [0, 0.05) is 41.6 Å². The summed E-state index contributed by atoms with van der Waals surface area (Å²) >= 11 is 3.83. The molecule has 272 valence electrons. The smallest absolute Gasteiger partial charge is 0.0757 e. The van der Waals surface area contributed by atoms with Gasteiger partial charge in [0.15, 0.2) is 0 Å². The van der Waals surface area contributed by atoms with Crippen LogP contribution in [0.4, 0.5) is 0 Å². The zero-order valence-corrected chi connectivity index (χ0v) is 33.1.